The van der Waals surface area contributed by atoms with Crippen molar-refractivity contribution in [3.8, 4) is 0 Å². The molecule has 0 saturated carbocycles. The maximum atomic E-state index is 6.01. The summed E-state index contributed by atoms with van der Waals surface area (Å²) in [5, 5.41) is 4.61. The molecule has 0 bridgehead atoms. The van der Waals surface area contributed by atoms with E-state index in [2.05, 4.69) is 5.32 Å². The molecule has 0 atom stereocenters. The van der Waals surface area contributed by atoms with Crippen LogP contribution in [0.2, 0.25) is 15.1 Å². The van der Waals surface area contributed by atoms with Gasteiger partial charge in [-0.1, -0.05) is 34.8 Å². The fourth-order valence-electron chi connectivity index (χ4n) is 1.20. The molecule has 1 aromatic carbocycles. The van der Waals surface area contributed by atoms with Crippen molar-refractivity contribution in [3.63, 3.8) is 0 Å². The van der Waals surface area contributed by atoms with E-state index in [4.69, 9.17) is 44.3 Å². The number of ether oxygens (including phenoxy) is 2. The molecule has 3 nitrogen and oxygen atoms in total. The minimum atomic E-state index is 0.499. The van der Waals surface area contributed by atoms with Crippen molar-refractivity contribution in [2.75, 3.05) is 38.8 Å². The molecule has 0 aliphatic rings. The number of halogens is 3. The van der Waals surface area contributed by atoms with E-state index in [1.807, 2.05) is 0 Å². The Labute approximate surface area is 116 Å². The Kier molecular flexibility index (Phi) is 7.00. The zero-order valence-electron chi connectivity index (χ0n) is 9.43. The van der Waals surface area contributed by atoms with Crippen LogP contribution in [-0.2, 0) is 9.47 Å². The highest BCUT2D eigenvalue weighted by atomic mass is 35.5. The van der Waals surface area contributed by atoms with E-state index in [1.165, 1.54) is 0 Å². The highest BCUT2D eigenvalue weighted by Crippen LogP contribution is 2.33. The van der Waals surface area contributed by atoms with Gasteiger partial charge >= 0.3 is 0 Å². The monoisotopic (exact) mass is 297 g/mol. The summed E-state index contributed by atoms with van der Waals surface area (Å²) in [6.45, 7) is 2.33. The first-order valence-electron chi connectivity index (χ1n) is 5.10. The summed E-state index contributed by atoms with van der Waals surface area (Å²) in [7, 11) is 1.63. The Bertz CT molecular complexity index is 338. The molecule has 0 aliphatic heterocycles. The number of anilines is 1. The van der Waals surface area contributed by atoms with Crippen LogP contribution in [0.5, 0.6) is 0 Å². The molecular formula is C11H14Cl3NO2. The lowest BCUT2D eigenvalue weighted by Crippen LogP contribution is -2.12. The smallest absolute Gasteiger partial charge is 0.0720 e. The quantitative estimate of drug-likeness (QED) is 0.778. The summed E-state index contributed by atoms with van der Waals surface area (Å²) >= 11 is 17.8. The van der Waals surface area contributed by atoms with Gasteiger partial charge in [-0.05, 0) is 12.1 Å². The van der Waals surface area contributed by atoms with Crippen LogP contribution in [0, 0.1) is 0 Å². The van der Waals surface area contributed by atoms with Crippen LogP contribution in [-0.4, -0.2) is 33.5 Å². The Balaban J connectivity index is 2.36. The summed E-state index contributed by atoms with van der Waals surface area (Å²) in [5.41, 5.74) is 0.674. The summed E-state index contributed by atoms with van der Waals surface area (Å²) in [6, 6.07) is 3.28. The predicted octanol–water partition coefficient (Wildman–Crippen LogP) is 3.72. The van der Waals surface area contributed by atoms with Crippen LogP contribution in [0.4, 0.5) is 5.69 Å². The van der Waals surface area contributed by atoms with Crippen molar-refractivity contribution in [1.29, 1.82) is 0 Å². The predicted molar refractivity (Wildman–Crippen MR) is 72.7 cm³/mol. The number of methoxy groups -OCH3 is 1. The van der Waals surface area contributed by atoms with Gasteiger partial charge < -0.3 is 14.8 Å². The normalized spacial score (nSPS) is 10.6. The first kappa shape index (κ1) is 14.9. The van der Waals surface area contributed by atoms with E-state index in [1.54, 1.807) is 19.2 Å². The standard InChI is InChI=1S/C11H14Cl3NO2/c1-16-4-5-17-3-2-15-11-9(13)6-8(12)7-10(11)14/h6-7,15H,2-5H2,1H3. The molecule has 17 heavy (non-hydrogen) atoms. The van der Waals surface area contributed by atoms with Crippen molar-refractivity contribution in [2.24, 2.45) is 0 Å². The maximum Gasteiger partial charge on any atom is 0.0720 e. The van der Waals surface area contributed by atoms with Crippen LogP contribution >= 0.6 is 34.8 Å². The van der Waals surface area contributed by atoms with Crippen LogP contribution in [0.15, 0.2) is 12.1 Å². The minimum absolute atomic E-state index is 0.499. The van der Waals surface area contributed by atoms with Gasteiger partial charge in [0, 0.05) is 18.7 Å². The fraction of sp³-hybridized carbons (Fsp3) is 0.455. The molecule has 1 N–H and O–H groups in total. The Morgan fingerprint density at radius 2 is 1.71 bits per heavy atom. The van der Waals surface area contributed by atoms with E-state index < -0.39 is 0 Å². The molecule has 1 rings (SSSR count). The second-order valence-corrected chi connectivity index (χ2v) is 4.53. The van der Waals surface area contributed by atoms with Crippen molar-refractivity contribution in [1.82, 2.24) is 0 Å². The highest BCUT2D eigenvalue weighted by Gasteiger charge is 2.06. The fourth-order valence-corrected chi connectivity index (χ4v) is 2.15. The lowest BCUT2D eigenvalue weighted by Gasteiger charge is -2.11. The van der Waals surface area contributed by atoms with Crippen LogP contribution in [0.1, 0.15) is 0 Å². The molecule has 1 aromatic rings. The van der Waals surface area contributed by atoms with Crippen LogP contribution in [0.25, 0.3) is 0 Å². The SMILES string of the molecule is COCCOCCNc1c(Cl)cc(Cl)cc1Cl. The average Bonchev–Trinajstić information content (AvgIpc) is 2.26. The Morgan fingerprint density at radius 1 is 1.06 bits per heavy atom. The number of hydrogen-bond acceptors (Lipinski definition) is 3. The van der Waals surface area contributed by atoms with Gasteiger partial charge in [-0.15, -0.1) is 0 Å². The molecular weight excluding hydrogens is 284 g/mol. The zero-order valence-corrected chi connectivity index (χ0v) is 11.7. The van der Waals surface area contributed by atoms with Crippen molar-refractivity contribution >= 4 is 40.5 Å². The molecule has 0 heterocycles. The van der Waals surface area contributed by atoms with Gasteiger partial charge in [0.2, 0.25) is 0 Å². The molecule has 6 heteroatoms. The molecule has 0 unspecified atom stereocenters. The van der Waals surface area contributed by atoms with Gasteiger partial charge in [0.15, 0.2) is 0 Å². The molecule has 96 valence electrons. The molecule has 0 fully saturated rings. The van der Waals surface area contributed by atoms with E-state index in [-0.39, 0.29) is 0 Å². The third-order valence-electron chi connectivity index (χ3n) is 1.99. The highest BCUT2D eigenvalue weighted by molar-refractivity contribution is 6.41. The van der Waals surface area contributed by atoms with E-state index in [0.29, 0.717) is 47.1 Å². The van der Waals surface area contributed by atoms with Gasteiger partial charge in [0.05, 0.1) is 35.6 Å². The average molecular weight is 299 g/mol. The van der Waals surface area contributed by atoms with Gasteiger partial charge in [0.1, 0.15) is 0 Å². The Morgan fingerprint density at radius 3 is 2.29 bits per heavy atom. The van der Waals surface area contributed by atoms with Crippen LogP contribution < -0.4 is 5.32 Å². The second kappa shape index (κ2) is 8.01. The summed E-state index contributed by atoms with van der Waals surface area (Å²) in [6.07, 6.45) is 0. The summed E-state index contributed by atoms with van der Waals surface area (Å²) in [5.74, 6) is 0. The van der Waals surface area contributed by atoms with Crippen molar-refractivity contribution in [3.05, 3.63) is 27.2 Å². The van der Waals surface area contributed by atoms with E-state index in [0.717, 1.165) is 0 Å². The Hall–Kier alpha value is -0.190. The number of nitrogens with one attached hydrogen (secondary N) is 1. The third-order valence-corrected chi connectivity index (χ3v) is 2.80. The number of benzene rings is 1. The van der Waals surface area contributed by atoms with Gasteiger partial charge in [-0.25, -0.2) is 0 Å². The number of rotatable bonds is 7. The van der Waals surface area contributed by atoms with Gasteiger partial charge in [-0.3, -0.25) is 0 Å². The first-order chi connectivity index (χ1) is 8.15. The van der Waals surface area contributed by atoms with Gasteiger partial charge in [-0.2, -0.15) is 0 Å². The van der Waals surface area contributed by atoms with E-state index in [9.17, 15) is 0 Å². The molecule has 0 amide bonds. The molecule has 0 spiro atoms. The minimum Gasteiger partial charge on any atom is -0.382 e. The topological polar surface area (TPSA) is 30.5 Å². The maximum absolute atomic E-state index is 6.01. The molecule has 0 radical (unpaired) electrons. The van der Waals surface area contributed by atoms with Crippen LogP contribution in [0.3, 0.4) is 0 Å². The zero-order chi connectivity index (χ0) is 12.7. The van der Waals surface area contributed by atoms with E-state index >= 15 is 0 Å². The molecule has 0 aliphatic carbocycles. The lowest BCUT2D eigenvalue weighted by molar-refractivity contribution is 0.0759. The molecule has 0 saturated heterocycles. The summed E-state index contributed by atoms with van der Waals surface area (Å²) in [4.78, 5) is 0. The summed E-state index contributed by atoms with van der Waals surface area (Å²) < 4.78 is 10.2. The largest absolute Gasteiger partial charge is 0.382 e. The third kappa shape index (κ3) is 5.32. The van der Waals surface area contributed by atoms with Gasteiger partial charge in [0.25, 0.3) is 0 Å². The lowest BCUT2D eigenvalue weighted by atomic mass is 10.3. The number of hydrogen-bond donors (Lipinski definition) is 1. The second-order valence-electron chi connectivity index (χ2n) is 3.28. The molecule has 0 aromatic heterocycles. The first-order valence-corrected chi connectivity index (χ1v) is 6.23. The van der Waals surface area contributed by atoms with Crippen molar-refractivity contribution in [2.45, 2.75) is 0 Å². The van der Waals surface area contributed by atoms with Crippen molar-refractivity contribution < 1.29 is 9.47 Å².